The summed E-state index contributed by atoms with van der Waals surface area (Å²) < 4.78 is 0. The second-order valence-electron chi connectivity index (χ2n) is 3.30. The van der Waals surface area contributed by atoms with Gasteiger partial charge in [-0.25, -0.2) is 0 Å². The molecule has 0 spiro atoms. The van der Waals surface area contributed by atoms with Crippen LogP contribution in [0.15, 0.2) is 29.8 Å². The van der Waals surface area contributed by atoms with Crippen molar-refractivity contribution in [1.82, 2.24) is 0 Å². The van der Waals surface area contributed by atoms with Gasteiger partial charge in [-0.15, -0.1) is 0 Å². The lowest BCUT2D eigenvalue weighted by atomic mass is 10.1. The lowest BCUT2D eigenvalue weighted by Crippen LogP contribution is -2.15. The van der Waals surface area contributed by atoms with Crippen molar-refractivity contribution in [1.29, 1.82) is 0 Å². The third kappa shape index (κ3) is 1.62. The van der Waals surface area contributed by atoms with Gasteiger partial charge in [0, 0.05) is 17.8 Å². The van der Waals surface area contributed by atoms with E-state index in [-0.39, 0.29) is 5.91 Å². The van der Waals surface area contributed by atoms with E-state index in [0.29, 0.717) is 12.0 Å². The van der Waals surface area contributed by atoms with Gasteiger partial charge >= 0.3 is 0 Å². The minimum absolute atomic E-state index is 0.330. The number of nitrogens with two attached hydrogens (primary N) is 1. The first-order chi connectivity index (χ1) is 6.77. The molecule has 2 rings (SSSR count). The predicted molar refractivity (Wildman–Crippen MR) is 56.7 cm³/mol. The van der Waals surface area contributed by atoms with Gasteiger partial charge in [-0.1, -0.05) is 18.2 Å². The van der Waals surface area contributed by atoms with Crippen molar-refractivity contribution in [3.63, 3.8) is 0 Å². The van der Waals surface area contributed by atoms with Crippen LogP contribution < -0.4 is 11.1 Å². The summed E-state index contributed by atoms with van der Waals surface area (Å²) in [5.74, 6) is -0.330. The van der Waals surface area contributed by atoms with Gasteiger partial charge in [-0.05, 0) is 24.1 Å². The van der Waals surface area contributed by atoms with Gasteiger partial charge < -0.3 is 11.1 Å². The molecule has 0 fully saturated rings. The summed E-state index contributed by atoms with van der Waals surface area (Å²) in [5, 5.41) is 3.25. The fourth-order valence-electron chi connectivity index (χ4n) is 1.57. The van der Waals surface area contributed by atoms with Crippen molar-refractivity contribution < 1.29 is 4.79 Å². The highest BCUT2D eigenvalue weighted by Gasteiger charge is 2.10. The van der Waals surface area contributed by atoms with Crippen molar-refractivity contribution in [3.8, 4) is 0 Å². The van der Waals surface area contributed by atoms with E-state index < -0.39 is 0 Å². The maximum atomic E-state index is 11.0. The molecule has 0 atom stereocenters. The second kappa shape index (κ2) is 3.54. The van der Waals surface area contributed by atoms with E-state index in [1.54, 1.807) is 0 Å². The van der Waals surface area contributed by atoms with E-state index in [4.69, 9.17) is 5.73 Å². The second-order valence-corrected chi connectivity index (χ2v) is 3.30. The number of primary amides is 1. The number of nitrogens with one attached hydrogen (secondary N) is 1. The fraction of sp³-hybridized carbons (Fsp3) is 0.182. The van der Waals surface area contributed by atoms with Crippen LogP contribution >= 0.6 is 0 Å². The first kappa shape index (κ1) is 8.81. The molecule has 0 bridgehead atoms. The van der Waals surface area contributed by atoms with Gasteiger partial charge in [0.2, 0.25) is 5.91 Å². The van der Waals surface area contributed by atoms with Crippen molar-refractivity contribution in [3.05, 3.63) is 35.4 Å². The quantitative estimate of drug-likeness (QED) is 0.699. The van der Waals surface area contributed by atoms with E-state index in [2.05, 4.69) is 5.32 Å². The van der Waals surface area contributed by atoms with Gasteiger partial charge in [0.15, 0.2) is 0 Å². The van der Waals surface area contributed by atoms with E-state index >= 15 is 0 Å². The number of hydrogen-bond donors (Lipinski definition) is 2. The maximum absolute atomic E-state index is 11.0. The summed E-state index contributed by atoms with van der Waals surface area (Å²) in [7, 11) is 0. The zero-order valence-electron chi connectivity index (χ0n) is 7.79. The third-order valence-electron chi connectivity index (χ3n) is 2.32. The topological polar surface area (TPSA) is 55.1 Å². The Hall–Kier alpha value is -1.77. The normalized spacial score (nSPS) is 14.7. The van der Waals surface area contributed by atoms with Crippen LogP contribution in [0.3, 0.4) is 0 Å². The maximum Gasteiger partial charge on any atom is 0.244 e. The summed E-state index contributed by atoms with van der Waals surface area (Å²) in [6, 6.07) is 7.88. The minimum atomic E-state index is -0.330. The Bertz CT molecular complexity index is 396. The molecule has 3 N–H and O–H groups in total. The largest absolute Gasteiger partial charge is 0.384 e. The summed E-state index contributed by atoms with van der Waals surface area (Å²) in [4.78, 5) is 11.0. The lowest BCUT2D eigenvalue weighted by Gasteiger charge is -2.04. The SMILES string of the molecule is NC(=O)C1=Cc2ccccc2NCC1. The van der Waals surface area contributed by atoms with Crippen molar-refractivity contribution in [2.75, 3.05) is 11.9 Å². The molecular formula is C11H12N2O. The average molecular weight is 188 g/mol. The molecule has 0 unspecified atom stereocenters. The Morgan fingerprint density at radius 2 is 2.14 bits per heavy atom. The van der Waals surface area contributed by atoms with Crippen LogP contribution in [-0.4, -0.2) is 12.5 Å². The number of benzene rings is 1. The highest BCUT2D eigenvalue weighted by Crippen LogP contribution is 2.22. The van der Waals surface area contributed by atoms with E-state index in [1.165, 1.54) is 0 Å². The number of para-hydroxylation sites is 1. The predicted octanol–water partition coefficient (Wildman–Crippen LogP) is 1.37. The molecule has 1 heterocycles. The van der Waals surface area contributed by atoms with Crippen LogP contribution in [0.5, 0.6) is 0 Å². The van der Waals surface area contributed by atoms with E-state index in [1.807, 2.05) is 30.3 Å². The van der Waals surface area contributed by atoms with Gasteiger partial charge in [-0.3, -0.25) is 4.79 Å². The highest BCUT2D eigenvalue weighted by molar-refractivity contribution is 5.97. The Balaban J connectivity index is 2.44. The van der Waals surface area contributed by atoms with Gasteiger partial charge in [0.1, 0.15) is 0 Å². The molecule has 72 valence electrons. The summed E-state index contributed by atoms with van der Waals surface area (Å²) in [5.41, 5.74) is 8.03. The number of anilines is 1. The van der Waals surface area contributed by atoms with E-state index in [0.717, 1.165) is 17.8 Å². The first-order valence-corrected chi connectivity index (χ1v) is 4.60. The van der Waals surface area contributed by atoms with Gasteiger partial charge in [0.25, 0.3) is 0 Å². The van der Waals surface area contributed by atoms with Crippen LogP contribution in [0.25, 0.3) is 6.08 Å². The molecule has 0 saturated carbocycles. The lowest BCUT2D eigenvalue weighted by molar-refractivity contribution is -0.114. The van der Waals surface area contributed by atoms with Crippen LogP contribution in [0.1, 0.15) is 12.0 Å². The van der Waals surface area contributed by atoms with Crippen molar-refractivity contribution >= 4 is 17.7 Å². The standard InChI is InChI=1S/C11H12N2O/c12-11(14)9-5-6-13-10-4-2-1-3-8(10)7-9/h1-4,7,13H,5-6H2,(H2,12,14). The average Bonchev–Trinajstić information content (AvgIpc) is 2.39. The third-order valence-corrected chi connectivity index (χ3v) is 2.32. The molecule has 1 amide bonds. The van der Waals surface area contributed by atoms with Crippen LogP contribution in [-0.2, 0) is 4.79 Å². The first-order valence-electron chi connectivity index (χ1n) is 4.60. The van der Waals surface area contributed by atoms with E-state index in [9.17, 15) is 4.79 Å². The zero-order valence-corrected chi connectivity index (χ0v) is 7.79. The highest BCUT2D eigenvalue weighted by atomic mass is 16.1. The van der Waals surface area contributed by atoms with Crippen LogP contribution in [0.4, 0.5) is 5.69 Å². The molecule has 3 nitrogen and oxygen atoms in total. The molecule has 0 aromatic heterocycles. The number of amides is 1. The Kier molecular flexibility index (Phi) is 2.23. The Labute approximate surface area is 82.6 Å². The van der Waals surface area contributed by atoms with Crippen molar-refractivity contribution in [2.24, 2.45) is 5.73 Å². The Morgan fingerprint density at radius 3 is 2.93 bits per heavy atom. The molecule has 1 aliphatic rings. The number of hydrogen-bond acceptors (Lipinski definition) is 2. The van der Waals surface area contributed by atoms with Gasteiger partial charge in [0.05, 0.1) is 0 Å². The summed E-state index contributed by atoms with van der Waals surface area (Å²) in [6.45, 7) is 0.756. The molecule has 0 saturated heterocycles. The number of fused-ring (bicyclic) bond motifs is 1. The molecule has 0 aliphatic carbocycles. The number of carbonyl (C=O) groups excluding carboxylic acids is 1. The molecule has 1 aromatic carbocycles. The zero-order chi connectivity index (χ0) is 9.97. The molecule has 14 heavy (non-hydrogen) atoms. The van der Waals surface area contributed by atoms with Crippen LogP contribution in [0.2, 0.25) is 0 Å². The monoisotopic (exact) mass is 188 g/mol. The molecule has 1 aliphatic heterocycles. The summed E-state index contributed by atoms with van der Waals surface area (Å²) >= 11 is 0. The minimum Gasteiger partial charge on any atom is -0.384 e. The van der Waals surface area contributed by atoms with Crippen molar-refractivity contribution in [2.45, 2.75) is 6.42 Å². The summed E-state index contributed by atoms with van der Waals surface area (Å²) in [6.07, 6.45) is 2.54. The number of carbonyl (C=O) groups is 1. The van der Waals surface area contributed by atoms with Gasteiger partial charge in [-0.2, -0.15) is 0 Å². The molecular weight excluding hydrogens is 176 g/mol. The fourth-order valence-corrected chi connectivity index (χ4v) is 1.57. The smallest absolute Gasteiger partial charge is 0.244 e. The molecule has 3 heteroatoms. The number of rotatable bonds is 1. The molecule has 0 radical (unpaired) electrons. The van der Waals surface area contributed by atoms with Crippen LogP contribution in [0, 0.1) is 0 Å². The molecule has 1 aromatic rings. The Morgan fingerprint density at radius 1 is 1.36 bits per heavy atom.